The van der Waals surface area contributed by atoms with E-state index in [1.165, 1.54) is 26.1 Å². The van der Waals surface area contributed by atoms with Gasteiger partial charge in [0, 0.05) is 19.6 Å². The predicted molar refractivity (Wildman–Crippen MR) is 53.3 cm³/mol. The van der Waals surface area contributed by atoms with E-state index in [4.69, 9.17) is 0 Å². The Labute approximate surface area is 75.8 Å². The second kappa shape index (κ2) is 4.63. The van der Waals surface area contributed by atoms with Crippen molar-refractivity contribution in [1.82, 2.24) is 9.80 Å². The molecule has 0 radical (unpaired) electrons. The van der Waals surface area contributed by atoms with Gasteiger partial charge in [-0.1, -0.05) is 6.08 Å². The molecule has 2 heteroatoms. The average Bonchev–Trinajstić information content (AvgIpc) is 2.36. The molecule has 0 aromatic heterocycles. The molecule has 1 fully saturated rings. The Hall–Kier alpha value is -0.340. The van der Waals surface area contributed by atoms with Crippen molar-refractivity contribution < 1.29 is 0 Å². The molecule has 1 aliphatic rings. The van der Waals surface area contributed by atoms with Crippen LogP contribution in [-0.4, -0.2) is 50.1 Å². The molecule has 0 N–H and O–H groups in total. The molecule has 0 saturated carbocycles. The molecule has 0 aromatic rings. The SMILES string of the molecule is C=CCN1CCC(CN(C)C)C1. The zero-order valence-electron chi connectivity index (χ0n) is 8.29. The Kier molecular flexibility index (Phi) is 3.76. The van der Waals surface area contributed by atoms with E-state index in [-0.39, 0.29) is 0 Å². The van der Waals surface area contributed by atoms with Gasteiger partial charge in [-0.3, -0.25) is 4.90 Å². The Morgan fingerprint density at radius 3 is 2.92 bits per heavy atom. The van der Waals surface area contributed by atoms with Crippen molar-refractivity contribution in [3.63, 3.8) is 0 Å². The molecular formula is C10H20N2. The van der Waals surface area contributed by atoms with Crippen LogP contribution in [0.3, 0.4) is 0 Å². The van der Waals surface area contributed by atoms with Crippen LogP contribution in [-0.2, 0) is 0 Å². The van der Waals surface area contributed by atoms with Gasteiger partial charge in [0.15, 0.2) is 0 Å². The summed E-state index contributed by atoms with van der Waals surface area (Å²) in [5, 5.41) is 0. The third-order valence-corrected chi connectivity index (χ3v) is 2.38. The van der Waals surface area contributed by atoms with E-state index in [9.17, 15) is 0 Å². The van der Waals surface area contributed by atoms with Gasteiger partial charge in [-0.05, 0) is 33.0 Å². The minimum atomic E-state index is 0.875. The van der Waals surface area contributed by atoms with Gasteiger partial charge in [0.25, 0.3) is 0 Å². The maximum atomic E-state index is 3.76. The lowest BCUT2D eigenvalue weighted by Crippen LogP contribution is -2.25. The Bertz CT molecular complexity index is 143. The lowest BCUT2D eigenvalue weighted by Gasteiger charge is -2.16. The smallest absolute Gasteiger partial charge is 0.0160 e. The van der Waals surface area contributed by atoms with Crippen molar-refractivity contribution in [3.8, 4) is 0 Å². The fraction of sp³-hybridized carbons (Fsp3) is 0.800. The molecule has 12 heavy (non-hydrogen) atoms. The fourth-order valence-corrected chi connectivity index (χ4v) is 1.93. The number of likely N-dealkylation sites (tertiary alicyclic amines) is 1. The number of nitrogens with zero attached hydrogens (tertiary/aromatic N) is 2. The van der Waals surface area contributed by atoms with E-state index < -0.39 is 0 Å². The molecule has 0 aromatic carbocycles. The topological polar surface area (TPSA) is 6.48 Å². The van der Waals surface area contributed by atoms with Crippen LogP contribution in [0.25, 0.3) is 0 Å². The third kappa shape index (κ3) is 2.95. The molecular weight excluding hydrogens is 148 g/mol. The van der Waals surface area contributed by atoms with E-state index >= 15 is 0 Å². The van der Waals surface area contributed by atoms with E-state index in [0.29, 0.717) is 0 Å². The highest BCUT2D eigenvalue weighted by Crippen LogP contribution is 2.15. The van der Waals surface area contributed by atoms with Crippen LogP contribution in [0.2, 0.25) is 0 Å². The van der Waals surface area contributed by atoms with Crippen molar-refractivity contribution in [2.75, 3.05) is 40.3 Å². The molecule has 2 nitrogen and oxygen atoms in total. The largest absolute Gasteiger partial charge is 0.309 e. The molecule has 1 heterocycles. The van der Waals surface area contributed by atoms with Gasteiger partial charge in [0.05, 0.1) is 0 Å². The Morgan fingerprint density at radius 1 is 1.58 bits per heavy atom. The molecule has 1 rings (SSSR count). The predicted octanol–water partition coefficient (Wildman–Crippen LogP) is 1.06. The van der Waals surface area contributed by atoms with Crippen molar-refractivity contribution in [3.05, 3.63) is 12.7 Å². The molecule has 0 amide bonds. The van der Waals surface area contributed by atoms with Gasteiger partial charge < -0.3 is 4.90 Å². The van der Waals surface area contributed by atoms with Crippen LogP contribution in [0, 0.1) is 5.92 Å². The highest BCUT2D eigenvalue weighted by atomic mass is 15.2. The summed E-state index contributed by atoms with van der Waals surface area (Å²) in [7, 11) is 4.30. The first-order chi connectivity index (χ1) is 5.72. The minimum absolute atomic E-state index is 0.875. The van der Waals surface area contributed by atoms with E-state index in [0.717, 1.165) is 12.5 Å². The Balaban J connectivity index is 2.21. The first kappa shape index (κ1) is 9.75. The number of hydrogen-bond acceptors (Lipinski definition) is 2. The quantitative estimate of drug-likeness (QED) is 0.579. The van der Waals surface area contributed by atoms with Crippen molar-refractivity contribution in [2.24, 2.45) is 5.92 Å². The summed E-state index contributed by atoms with van der Waals surface area (Å²) in [5.74, 6) is 0.875. The lowest BCUT2D eigenvalue weighted by molar-refractivity contribution is 0.306. The average molecular weight is 168 g/mol. The van der Waals surface area contributed by atoms with Crippen molar-refractivity contribution in [1.29, 1.82) is 0 Å². The Morgan fingerprint density at radius 2 is 2.33 bits per heavy atom. The van der Waals surface area contributed by atoms with Gasteiger partial charge in [-0.2, -0.15) is 0 Å². The minimum Gasteiger partial charge on any atom is -0.309 e. The zero-order chi connectivity index (χ0) is 8.97. The van der Waals surface area contributed by atoms with Gasteiger partial charge in [0.2, 0.25) is 0 Å². The second-order valence-electron chi connectivity index (χ2n) is 3.97. The highest BCUT2D eigenvalue weighted by molar-refractivity contribution is 4.81. The van der Waals surface area contributed by atoms with Crippen LogP contribution in [0.4, 0.5) is 0 Å². The van der Waals surface area contributed by atoms with E-state index in [1.54, 1.807) is 0 Å². The summed E-state index contributed by atoms with van der Waals surface area (Å²) in [4.78, 5) is 4.75. The molecule has 1 atom stereocenters. The van der Waals surface area contributed by atoms with E-state index in [1.807, 2.05) is 6.08 Å². The maximum Gasteiger partial charge on any atom is 0.0160 e. The highest BCUT2D eigenvalue weighted by Gasteiger charge is 2.21. The molecule has 1 aliphatic heterocycles. The summed E-state index contributed by atoms with van der Waals surface area (Å²) >= 11 is 0. The number of hydrogen-bond donors (Lipinski definition) is 0. The number of rotatable bonds is 4. The first-order valence-corrected chi connectivity index (χ1v) is 4.70. The van der Waals surface area contributed by atoms with Crippen LogP contribution in [0.1, 0.15) is 6.42 Å². The van der Waals surface area contributed by atoms with Crippen LogP contribution < -0.4 is 0 Å². The standard InChI is InChI=1S/C10H20N2/c1-4-6-12-7-5-10(9-12)8-11(2)3/h4,10H,1,5-9H2,2-3H3. The molecule has 0 aliphatic carbocycles. The lowest BCUT2D eigenvalue weighted by atomic mass is 10.1. The van der Waals surface area contributed by atoms with Gasteiger partial charge in [0.1, 0.15) is 0 Å². The maximum absolute atomic E-state index is 3.76. The van der Waals surface area contributed by atoms with Crippen molar-refractivity contribution >= 4 is 0 Å². The summed E-state index contributed by atoms with van der Waals surface area (Å²) < 4.78 is 0. The van der Waals surface area contributed by atoms with Gasteiger partial charge in [-0.15, -0.1) is 6.58 Å². The van der Waals surface area contributed by atoms with Crippen LogP contribution in [0.5, 0.6) is 0 Å². The molecule has 1 saturated heterocycles. The van der Waals surface area contributed by atoms with Crippen LogP contribution >= 0.6 is 0 Å². The molecule has 0 bridgehead atoms. The monoisotopic (exact) mass is 168 g/mol. The van der Waals surface area contributed by atoms with Crippen LogP contribution in [0.15, 0.2) is 12.7 Å². The van der Waals surface area contributed by atoms with E-state index in [2.05, 4.69) is 30.5 Å². The fourth-order valence-electron chi connectivity index (χ4n) is 1.93. The summed E-state index contributed by atoms with van der Waals surface area (Å²) in [6, 6.07) is 0. The van der Waals surface area contributed by atoms with Crippen molar-refractivity contribution in [2.45, 2.75) is 6.42 Å². The summed E-state index contributed by atoms with van der Waals surface area (Å²) in [5.41, 5.74) is 0. The summed E-state index contributed by atoms with van der Waals surface area (Å²) in [6.45, 7) is 8.56. The van der Waals surface area contributed by atoms with Gasteiger partial charge >= 0.3 is 0 Å². The third-order valence-electron chi connectivity index (χ3n) is 2.38. The molecule has 0 spiro atoms. The first-order valence-electron chi connectivity index (χ1n) is 4.70. The van der Waals surface area contributed by atoms with Gasteiger partial charge in [-0.25, -0.2) is 0 Å². The normalized spacial score (nSPS) is 25.1. The molecule has 1 unspecified atom stereocenters. The zero-order valence-corrected chi connectivity index (χ0v) is 8.29. The molecule has 70 valence electrons. The second-order valence-corrected chi connectivity index (χ2v) is 3.97. The summed E-state index contributed by atoms with van der Waals surface area (Å²) in [6.07, 6.45) is 3.35.